The molecule has 2 aromatic carbocycles. The zero-order valence-corrected chi connectivity index (χ0v) is 15.7. The molecule has 5 heteroatoms. The van der Waals surface area contributed by atoms with E-state index in [1.54, 1.807) is 7.11 Å². The summed E-state index contributed by atoms with van der Waals surface area (Å²) in [6.07, 6.45) is 3.85. The van der Waals surface area contributed by atoms with Crippen molar-refractivity contribution in [1.29, 1.82) is 0 Å². The quantitative estimate of drug-likeness (QED) is 0.881. The highest BCUT2D eigenvalue weighted by Crippen LogP contribution is 2.27. The summed E-state index contributed by atoms with van der Waals surface area (Å²) >= 11 is 0. The summed E-state index contributed by atoms with van der Waals surface area (Å²) in [7, 11) is 3.55. The Morgan fingerprint density at radius 1 is 1.20 bits per heavy atom. The number of hydrogen-bond donors (Lipinski definition) is 1. The second kappa shape index (κ2) is 8.54. The van der Waals surface area contributed by atoms with E-state index in [-0.39, 0.29) is 24.4 Å². The van der Waals surface area contributed by atoms with Crippen molar-refractivity contribution in [2.75, 3.05) is 14.2 Å². The van der Waals surface area contributed by atoms with E-state index in [1.807, 2.05) is 24.1 Å². The van der Waals surface area contributed by atoms with Gasteiger partial charge in [-0.2, -0.15) is 0 Å². The van der Waals surface area contributed by atoms with Crippen LogP contribution in [0.3, 0.4) is 0 Å². The van der Waals surface area contributed by atoms with Crippen molar-refractivity contribution in [2.45, 2.75) is 38.3 Å². The highest BCUT2D eigenvalue weighted by molar-refractivity contribution is 5.85. The van der Waals surface area contributed by atoms with Gasteiger partial charge in [0.1, 0.15) is 5.75 Å². The summed E-state index contributed by atoms with van der Waals surface area (Å²) in [6.45, 7) is 0.628. The Balaban J connectivity index is 0.00000225. The molecular formula is C20H27ClN2O2. The maximum Gasteiger partial charge on any atom is 0.222 e. The van der Waals surface area contributed by atoms with Crippen molar-refractivity contribution < 1.29 is 9.53 Å². The first-order chi connectivity index (χ1) is 11.6. The summed E-state index contributed by atoms with van der Waals surface area (Å²) in [5.74, 6) is 1.40. The second-order valence-electron chi connectivity index (χ2n) is 6.86. The zero-order chi connectivity index (χ0) is 17.1. The minimum Gasteiger partial charge on any atom is -0.497 e. The van der Waals surface area contributed by atoms with Crippen LogP contribution in [0, 0.1) is 5.92 Å². The first-order valence-corrected chi connectivity index (χ1v) is 8.63. The van der Waals surface area contributed by atoms with E-state index in [4.69, 9.17) is 10.5 Å². The normalized spacial score (nSPS) is 19.5. The van der Waals surface area contributed by atoms with E-state index in [9.17, 15) is 4.79 Å². The van der Waals surface area contributed by atoms with Crippen molar-refractivity contribution in [3.05, 3.63) is 42.0 Å². The molecule has 1 aliphatic rings. The third-order valence-electron chi connectivity index (χ3n) is 5.11. The van der Waals surface area contributed by atoms with Gasteiger partial charge in [-0.05, 0) is 53.3 Å². The minimum atomic E-state index is 0. The van der Waals surface area contributed by atoms with Gasteiger partial charge in [0.2, 0.25) is 5.91 Å². The van der Waals surface area contributed by atoms with E-state index in [2.05, 4.69) is 24.3 Å². The molecule has 2 atom stereocenters. The maximum absolute atomic E-state index is 12.4. The largest absolute Gasteiger partial charge is 0.497 e. The predicted octanol–water partition coefficient (Wildman–Crippen LogP) is 3.75. The Morgan fingerprint density at radius 2 is 1.92 bits per heavy atom. The number of halogens is 1. The van der Waals surface area contributed by atoms with Gasteiger partial charge < -0.3 is 15.4 Å². The summed E-state index contributed by atoms with van der Waals surface area (Å²) in [4.78, 5) is 14.3. The number of amides is 1. The lowest BCUT2D eigenvalue weighted by atomic mass is 9.99. The molecule has 0 saturated heterocycles. The van der Waals surface area contributed by atoms with Crippen LogP contribution < -0.4 is 10.5 Å². The Labute approximate surface area is 155 Å². The Hall–Kier alpha value is -1.78. The molecule has 0 aromatic heterocycles. The van der Waals surface area contributed by atoms with Crippen molar-refractivity contribution >= 4 is 29.1 Å². The lowest BCUT2D eigenvalue weighted by molar-refractivity contribution is -0.131. The van der Waals surface area contributed by atoms with E-state index < -0.39 is 0 Å². The van der Waals surface area contributed by atoms with Crippen LogP contribution >= 0.6 is 12.4 Å². The summed E-state index contributed by atoms with van der Waals surface area (Å²) in [5, 5.41) is 2.30. The number of nitrogens with zero attached hydrogens (tertiary/aromatic N) is 1. The number of carbonyl (C=O) groups excluding carboxylic acids is 1. The van der Waals surface area contributed by atoms with Gasteiger partial charge >= 0.3 is 0 Å². The second-order valence-corrected chi connectivity index (χ2v) is 6.86. The van der Waals surface area contributed by atoms with Crippen LogP contribution in [0.2, 0.25) is 0 Å². The molecule has 0 unspecified atom stereocenters. The number of rotatable bonds is 5. The van der Waals surface area contributed by atoms with Crippen LogP contribution in [0.15, 0.2) is 36.4 Å². The van der Waals surface area contributed by atoms with E-state index >= 15 is 0 Å². The molecule has 0 aliphatic heterocycles. The van der Waals surface area contributed by atoms with Crippen LogP contribution in [0.25, 0.3) is 10.8 Å². The van der Waals surface area contributed by atoms with E-state index in [0.717, 1.165) is 41.3 Å². The Morgan fingerprint density at radius 3 is 2.60 bits per heavy atom. The molecule has 0 radical (unpaired) electrons. The average molecular weight is 363 g/mol. The van der Waals surface area contributed by atoms with Crippen LogP contribution in [0.5, 0.6) is 5.75 Å². The van der Waals surface area contributed by atoms with Gasteiger partial charge in [-0.15, -0.1) is 12.4 Å². The van der Waals surface area contributed by atoms with Crippen molar-refractivity contribution in [3.8, 4) is 5.75 Å². The molecule has 2 aromatic rings. The fourth-order valence-electron chi connectivity index (χ4n) is 3.56. The number of ether oxygens (including phenoxy) is 1. The van der Waals surface area contributed by atoms with Gasteiger partial charge in [-0.1, -0.05) is 24.6 Å². The number of hydrogen-bond acceptors (Lipinski definition) is 3. The first kappa shape index (κ1) is 19.5. The topological polar surface area (TPSA) is 55.6 Å². The zero-order valence-electron chi connectivity index (χ0n) is 14.9. The number of methoxy groups -OCH3 is 1. The fourth-order valence-corrected chi connectivity index (χ4v) is 3.56. The standard InChI is InChI=1S/C20H26N2O2.ClH/c1-22(20(23)12-17-4-3-5-19(17)21)13-14-6-7-16-11-18(24-2)9-8-15(16)10-14;/h6-11,17,19H,3-5,12-13,21H2,1-2H3;1H/t17-,19+;/m0./s1. The van der Waals surface area contributed by atoms with E-state index in [0.29, 0.717) is 18.9 Å². The van der Waals surface area contributed by atoms with E-state index in [1.165, 1.54) is 0 Å². The molecule has 0 spiro atoms. The van der Waals surface area contributed by atoms with Crippen LogP contribution in [-0.2, 0) is 11.3 Å². The van der Waals surface area contributed by atoms with Gasteiger partial charge in [0, 0.05) is 26.1 Å². The predicted molar refractivity (Wildman–Crippen MR) is 104 cm³/mol. The van der Waals surface area contributed by atoms with Gasteiger partial charge in [0.05, 0.1) is 7.11 Å². The maximum atomic E-state index is 12.4. The third-order valence-corrected chi connectivity index (χ3v) is 5.11. The lowest BCUT2D eigenvalue weighted by Crippen LogP contribution is -2.32. The minimum absolute atomic E-state index is 0. The van der Waals surface area contributed by atoms with Crippen LogP contribution in [0.4, 0.5) is 0 Å². The van der Waals surface area contributed by atoms with Gasteiger partial charge in [0.15, 0.2) is 0 Å². The SMILES string of the molecule is COc1ccc2cc(CN(C)C(=O)C[C@@H]3CCC[C@H]3N)ccc2c1.Cl. The summed E-state index contributed by atoms with van der Waals surface area (Å²) in [5.41, 5.74) is 7.22. The van der Waals surface area contributed by atoms with Crippen LogP contribution in [0.1, 0.15) is 31.2 Å². The molecule has 2 N–H and O–H groups in total. The molecule has 1 saturated carbocycles. The average Bonchev–Trinajstić information content (AvgIpc) is 2.99. The Kier molecular flexibility index (Phi) is 6.68. The summed E-state index contributed by atoms with van der Waals surface area (Å²) < 4.78 is 5.26. The highest BCUT2D eigenvalue weighted by Gasteiger charge is 2.27. The smallest absolute Gasteiger partial charge is 0.222 e. The molecule has 0 heterocycles. The third kappa shape index (κ3) is 4.65. The first-order valence-electron chi connectivity index (χ1n) is 8.63. The molecule has 136 valence electrons. The van der Waals surface area contributed by atoms with Crippen LogP contribution in [-0.4, -0.2) is 31.0 Å². The number of nitrogens with two attached hydrogens (primary N) is 1. The number of fused-ring (bicyclic) bond motifs is 1. The van der Waals surface area contributed by atoms with Crippen molar-refractivity contribution in [2.24, 2.45) is 11.7 Å². The monoisotopic (exact) mass is 362 g/mol. The highest BCUT2D eigenvalue weighted by atomic mass is 35.5. The Bertz CT molecular complexity index is 735. The molecule has 1 fully saturated rings. The van der Waals surface area contributed by atoms with Gasteiger partial charge in [-0.3, -0.25) is 4.79 Å². The lowest BCUT2D eigenvalue weighted by Gasteiger charge is -2.21. The fraction of sp³-hybridized carbons (Fsp3) is 0.450. The molecular weight excluding hydrogens is 336 g/mol. The van der Waals surface area contributed by atoms with Crippen molar-refractivity contribution in [3.63, 3.8) is 0 Å². The molecule has 4 nitrogen and oxygen atoms in total. The van der Waals surface area contributed by atoms with Gasteiger partial charge in [-0.25, -0.2) is 0 Å². The van der Waals surface area contributed by atoms with Crippen molar-refractivity contribution in [1.82, 2.24) is 4.90 Å². The molecule has 0 bridgehead atoms. The number of carbonyl (C=O) groups is 1. The molecule has 25 heavy (non-hydrogen) atoms. The number of benzene rings is 2. The van der Waals surface area contributed by atoms with Gasteiger partial charge in [0.25, 0.3) is 0 Å². The molecule has 1 aliphatic carbocycles. The molecule has 1 amide bonds. The molecule has 3 rings (SSSR count). The summed E-state index contributed by atoms with van der Waals surface area (Å²) in [6, 6.07) is 12.5.